The average molecular weight is 911 g/mol. The number of carbonyl (C=O) groups excluding carboxylic acids is 1. The molecule has 0 fully saturated rings. The Hall–Kier alpha value is -1.71. The van der Waals surface area contributed by atoms with Crippen molar-refractivity contribution in [2.45, 2.75) is 271 Å². The highest BCUT2D eigenvalue weighted by Crippen LogP contribution is 2.52. The lowest BCUT2D eigenvalue weighted by atomic mass is 10.0. The number of hydrogen-bond donors (Lipinski definition) is 0. The molecule has 0 aromatic heterocycles. The van der Waals surface area contributed by atoms with Crippen LogP contribution in [0.5, 0.6) is 11.5 Å². The summed E-state index contributed by atoms with van der Waals surface area (Å²) in [5.41, 5.74) is 2.82. The summed E-state index contributed by atoms with van der Waals surface area (Å²) in [4.78, 5) is 12.1. The van der Waals surface area contributed by atoms with Gasteiger partial charge in [0.05, 0.1) is 6.61 Å². The van der Waals surface area contributed by atoms with E-state index in [1.165, 1.54) is 223 Å². The summed E-state index contributed by atoms with van der Waals surface area (Å²) >= 11 is 1.85. The van der Waals surface area contributed by atoms with Gasteiger partial charge in [0, 0.05) is 12.2 Å². The molecule has 0 atom stereocenters. The third-order valence-electron chi connectivity index (χ3n) is 12.6. The molecular weight excluding hydrogens is 812 g/mol. The summed E-state index contributed by atoms with van der Waals surface area (Å²) in [5, 5.41) is 0. The van der Waals surface area contributed by atoms with Crippen molar-refractivity contribution in [2.24, 2.45) is 0 Å². The summed E-state index contributed by atoms with van der Waals surface area (Å²) in [6.45, 7) is 7.46. The standard InChI is InChI=1S/C57H99O4PS/c1-4-7-10-13-16-20-25-30-35-40-53-43-47-55(48-44-53)60-62(61-56-49-45-54(46-50-56)41-36-31-26-21-17-14-11-8-5-2)63-52-39-34-29-24-19-22-27-32-37-42-57(58)59-51-38-33-28-23-18-15-12-9-6-3/h43-50H,4-42,51-52H2,1-3H3. The maximum atomic E-state index is 12.1. The second kappa shape index (κ2) is 44.1. The van der Waals surface area contributed by atoms with Crippen LogP contribution in [0.25, 0.3) is 0 Å². The minimum atomic E-state index is -1.15. The van der Waals surface area contributed by atoms with Crippen LogP contribution in [0.4, 0.5) is 0 Å². The van der Waals surface area contributed by atoms with Gasteiger partial charge >= 0.3 is 13.5 Å². The number of hydrogen-bond acceptors (Lipinski definition) is 5. The summed E-state index contributed by atoms with van der Waals surface area (Å²) < 4.78 is 18.6. The van der Waals surface area contributed by atoms with Gasteiger partial charge < -0.3 is 13.8 Å². The van der Waals surface area contributed by atoms with Crippen molar-refractivity contribution in [3.05, 3.63) is 59.7 Å². The van der Waals surface area contributed by atoms with E-state index in [1.807, 2.05) is 11.4 Å². The van der Waals surface area contributed by atoms with Gasteiger partial charge in [-0.25, -0.2) is 0 Å². The Kier molecular flexibility index (Phi) is 40.2. The highest BCUT2D eigenvalue weighted by atomic mass is 32.7. The molecule has 362 valence electrons. The molecule has 4 nitrogen and oxygen atoms in total. The van der Waals surface area contributed by atoms with Gasteiger partial charge in [0.1, 0.15) is 11.5 Å². The first kappa shape index (κ1) is 57.4. The Labute approximate surface area is 396 Å². The molecule has 0 bridgehead atoms. The Morgan fingerprint density at radius 3 is 1.10 bits per heavy atom. The minimum Gasteiger partial charge on any atom is -0.466 e. The first-order valence-electron chi connectivity index (χ1n) is 27.3. The first-order chi connectivity index (χ1) is 31.1. The molecule has 6 heteroatoms. The smallest absolute Gasteiger partial charge is 0.360 e. The maximum absolute atomic E-state index is 12.1. The zero-order valence-electron chi connectivity index (χ0n) is 41.6. The molecule has 0 unspecified atom stereocenters. The van der Waals surface area contributed by atoms with Gasteiger partial charge in [0.15, 0.2) is 0 Å². The molecule has 63 heavy (non-hydrogen) atoms. The third kappa shape index (κ3) is 36.1. The number of unbranched alkanes of at least 4 members (excludes halogenated alkanes) is 32. The van der Waals surface area contributed by atoms with Gasteiger partial charge in [-0.3, -0.25) is 4.79 Å². The minimum absolute atomic E-state index is 0.00175. The van der Waals surface area contributed by atoms with E-state index in [4.69, 9.17) is 13.8 Å². The van der Waals surface area contributed by atoms with Gasteiger partial charge in [-0.15, -0.1) is 0 Å². The number of ether oxygens (including phenoxy) is 1. The second-order valence-corrected chi connectivity index (χ2v) is 21.8. The van der Waals surface area contributed by atoms with Crippen molar-refractivity contribution in [2.75, 3.05) is 12.4 Å². The zero-order chi connectivity index (χ0) is 44.9. The lowest BCUT2D eigenvalue weighted by Gasteiger charge is -2.18. The highest BCUT2D eigenvalue weighted by Gasteiger charge is 2.17. The number of carbonyl (C=O) groups is 1. The van der Waals surface area contributed by atoms with Crippen LogP contribution in [-0.2, 0) is 22.4 Å². The second-order valence-electron chi connectivity index (χ2n) is 18.7. The lowest BCUT2D eigenvalue weighted by Crippen LogP contribution is -2.05. The van der Waals surface area contributed by atoms with Crippen LogP contribution in [0.15, 0.2) is 48.5 Å². The molecule has 0 saturated carbocycles. The van der Waals surface area contributed by atoms with Crippen LogP contribution in [0, 0.1) is 0 Å². The summed E-state index contributed by atoms with van der Waals surface area (Å²) in [7, 11) is -1.15. The van der Waals surface area contributed by atoms with E-state index in [-0.39, 0.29) is 5.97 Å². The Bertz CT molecular complexity index is 1190. The molecule has 0 aliphatic heterocycles. The molecule has 0 amide bonds. The third-order valence-corrected chi connectivity index (χ3v) is 15.6. The van der Waals surface area contributed by atoms with Crippen LogP contribution in [0.2, 0.25) is 0 Å². The Morgan fingerprint density at radius 1 is 0.397 bits per heavy atom. The topological polar surface area (TPSA) is 44.8 Å². The predicted molar refractivity (Wildman–Crippen MR) is 280 cm³/mol. The van der Waals surface area contributed by atoms with E-state index in [1.54, 1.807) is 0 Å². The SMILES string of the molecule is CCCCCCCCCCCOC(=O)CCCCCCCCCCCSP(Oc1ccc(CCCCCCCCCCC)cc1)Oc1ccc(CCCCCCCCCCC)cc1. The lowest BCUT2D eigenvalue weighted by molar-refractivity contribution is -0.143. The van der Waals surface area contributed by atoms with E-state index in [0.29, 0.717) is 13.0 Å². The molecule has 2 aromatic rings. The van der Waals surface area contributed by atoms with E-state index in [0.717, 1.165) is 49.4 Å². The van der Waals surface area contributed by atoms with Gasteiger partial charge in [0.2, 0.25) is 0 Å². The average Bonchev–Trinajstić information content (AvgIpc) is 3.30. The molecular formula is C57H99O4PS. The fourth-order valence-electron chi connectivity index (χ4n) is 8.38. The van der Waals surface area contributed by atoms with Crippen LogP contribution < -0.4 is 9.05 Å². The van der Waals surface area contributed by atoms with Gasteiger partial charge in [-0.2, -0.15) is 0 Å². The van der Waals surface area contributed by atoms with E-state index in [2.05, 4.69) is 69.3 Å². The molecule has 0 heterocycles. The summed E-state index contributed by atoms with van der Waals surface area (Å²) in [6.07, 6.45) is 50.0. The van der Waals surface area contributed by atoms with Crippen molar-refractivity contribution >= 4 is 24.9 Å². The molecule has 2 aromatic carbocycles. The number of rotatable bonds is 47. The largest absolute Gasteiger partial charge is 0.466 e. The van der Waals surface area contributed by atoms with Gasteiger partial charge in [-0.1, -0.05) is 244 Å². The Morgan fingerprint density at radius 2 is 0.714 bits per heavy atom. The van der Waals surface area contributed by atoms with Crippen molar-refractivity contribution in [3.63, 3.8) is 0 Å². The van der Waals surface area contributed by atoms with Crippen molar-refractivity contribution in [3.8, 4) is 11.5 Å². The van der Waals surface area contributed by atoms with Crippen molar-refractivity contribution in [1.29, 1.82) is 0 Å². The highest BCUT2D eigenvalue weighted by molar-refractivity contribution is 8.53. The normalized spacial score (nSPS) is 11.4. The first-order valence-corrected chi connectivity index (χ1v) is 30.0. The zero-order valence-corrected chi connectivity index (χ0v) is 43.3. The van der Waals surface area contributed by atoms with E-state index in [9.17, 15) is 4.79 Å². The molecule has 0 aliphatic rings. The molecule has 0 aliphatic carbocycles. The van der Waals surface area contributed by atoms with Crippen LogP contribution in [0.1, 0.15) is 269 Å². The molecule has 0 spiro atoms. The van der Waals surface area contributed by atoms with Crippen LogP contribution in [0.3, 0.4) is 0 Å². The molecule has 0 radical (unpaired) electrons. The van der Waals surface area contributed by atoms with Crippen LogP contribution >= 0.6 is 19.0 Å². The predicted octanol–water partition coefficient (Wildman–Crippen LogP) is 20.2. The van der Waals surface area contributed by atoms with E-state index < -0.39 is 7.58 Å². The fraction of sp³-hybridized carbons (Fsp3) is 0.772. The summed E-state index contributed by atoms with van der Waals surface area (Å²) in [5.74, 6) is 2.88. The van der Waals surface area contributed by atoms with Crippen molar-refractivity contribution in [1.82, 2.24) is 0 Å². The Balaban J connectivity index is 1.64. The quantitative estimate of drug-likeness (QED) is 0.0376. The fourth-order valence-corrected chi connectivity index (χ4v) is 11.3. The van der Waals surface area contributed by atoms with E-state index >= 15 is 0 Å². The molecule has 2 rings (SSSR count). The van der Waals surface area contributed by atoms with Gasteiger partial charge in [0.25, 0.3) is 0 Å². The molecule has 0 N–H and O–H groups in total. The number of aryl methyl sites for hydroxylation is 2. The maximum Gasteiger partial charge on any atom is 0.360 e. The summed E-state index contributed by atoms with van der Waals surface area (Å²) in [6, 6.07) is 17.6. The monoisotopic (exact) mass is 911 g/mol. The van der Waals surface area contributed by atoms with Crippen LogP contribution in [-0.4, -0.2) is 18.3 Å². The number of esters is 1. The van der Waals surface area contributed by atoms with Crippen molar-refractivity contribution < 1.29 is 18.6 Å². The van der Waals surface area contributed by atoms with Gasteiger partial charge in [-0.05, 0) is 91.7 Å². The number of benzene rings is 2. The molecule has 0 saturated heterocycles.